The minimum Gasteiger partial charge on any atom is -0.468 e. The van der Waals surface area contributed by atoms with Gasteiger partial charge in [0.1, 0.15) is 5.41 Å². The quantitative estimate of drug-likeness (QED) is 0.439. The predicted octanol–water partition coefficient (Wildman–Crippen LogP) is 3.03. The van der Waals surface area contributed by atoms with Crippen molar-refractivity contribution in [2.75, 3.05) is 13.7 Å². The number of esters is 2. The summed E-state index contributed by atoms with van der Waals surface area (Å²) in [5.41, 5.74) is -0.235. The van der Waals surface area contributed by atoms with Crippen molar-refractivity contribution < 1.29 is 23.9 Å². The molecule has 0 aliphatic carbocycles. The molecule has 0 aliphatic rings. The third-order valence-corrected chi connectivity index (χ3v) is 3.36. The van der Waals surface area contributed by atoms with E-state index in [-0.39, 0.29) is 18.2 Å². The molecule has 0 aromatic heterocycles. The molecule has 0 radical (unpaired) electrons. The van der Waals surface area contributed by atoms with Crippen molar-refractivity contribution in [3.05, 3.63) is 41.5 Å². The van der Waals surface area contributed by atoms with Gasteiger partial charge in [0, 0.05) is 5.56 Å². The zero-order chi connectivity index (χ0) is 17.5. The monoisotopic (exact) mass is 318 g/mol. The fraction of sp³-hybridized carbons (Fsp3) is 0.389. The molecule has 0 unspecified atom stereocenters. The Kier molecular flexibility index (Phi) is 6.69. The number of benzene rings is 1. The lowest BCUT2D eigenvalue weighted by molar-refractivity contribution is -0.148. The summed E-state index contributed by atoms with van der Waals surface area (Å²) in [6.45, 7) is 5.13. The van der Waals surface area contributed by atoms with Crippen LogP contribution in [-0.2, 0) is 19.1 Å². The van der Waals surface area contributed by atoms with Crippen LogP contribution < -0.4 is 0 Å². The van der Waals surface area contributed by atoms with Gasteiger partial charge in [0.05, 0.1) is 20.1 Å². The van der Waals surface area contributed by atoms with Crippen molar-refractivity contribution in [1.29, 1.82) is 0 Å². The Balaban J connectivity index is 3.02. The number of carbonyl (C=O) groups excluding carboxylic acids is 3. The summed E-state index contributed by atoms with van der Waals surface area (Å²) in [4.78, 5) is 35.8. The average Bonchev–Trinajstić information content (AvgIpc) is 2.54. The van der Waals surface area contributed by atoms with Gasteiger partial charge in [-0.05, 0) is 26.3 Å². The lowest BCUT2D eigenvalue weighted by atomic mass is 9.82. The molecular weight excluding hydrogens is 296 g/mol. The Hall–Kier alpha value is -2.43. The molecule has 1 rings (SSSR count). The number of carbonyl (C=O) groups is 3. The number of Topliss-reactive ketones (excluding diaryl/α,β-unsaturated/α-hetero) is 1. The Morgan fingerprint density at radius 1 is 1.17 bits per heavy atom. The molecule has 0 heterocycles. The molecule has 0 atom stereocenters. The second kappa shape index (κ2) is 8.27. The van der Waals surface area contributed by atoms with Gasteiger partial charge in [0.15, 0.2) is 5.78 Å². The zero-order valence-corrected chi connectivity index (χ0v) is 13.9. The van der Waals surface area contributed by atoms with Crippen LogP contribution in [0.25, 0.3) is 6.08 Å². The van der Waals surface area contributed by atoms with E-state index in [0.29, 0.717) is 17.7 Å². The Labute approximate surface area is 136 Å². The van der Waals surface area contributed by atoms with Crippen LogP contribution in [0.15, 0.2) is 30.3 Å². The minimum atomic E-state index is -1.28. The van der Waals surface area contributed by atoms with Gasteiger partial charge in [-0.25, -0.2) is 0 Å². The van der Waals surface area contributed by atoms with E-state index in [0.717, 1.165) is 0 Å². The number of ketones is 1. The number of rotatable bonds is 7. The topological polar surface area (TPSA) is 69.7 Å². The molecule has 0 spiro atoms. The van der Waals surface area contributed by atoms with E-state index < -0.39 is 11.4 Å². The van der Waals surface area contributed by atoms with E-state index in [1.807, 2.05) is 0 Å². The maximum Gasteiger partial charge on any atom is 0.319 e. The van der Waals surface area contributed by atoms with Gasteiger partial charge in [-0.3, -0.25) is 14.4 Å². The van der Waals surface area contributed by atoms with Gasteiger partial charge in [0.2, 0.25) is 0 Å². The maximum atomic E-state index is 12.7. The van der Waals surface area contributed by atoms with Crippen LogP contribution in [0.2, 0.25) is 0 Å². The van der Waals surface area contributed by atoms with Gasteiger partial charge in [-0.15, -0.1) is 0 Å². The summed E-state index contributed by atoms with van der Waals surface area (Å²) in [6, 6.07) is 6.91. The molecule has 5 heteroatoms. The first kappa shape index (κ1) is 18.6. The standard InChI is InChI=1S/C18H22O5/c1-5-23-15(19)12-8-10-13-9-6-7-11-14(13)16(20)18(2,3)17(21)22-4/h6-11H,5,12H2,1-4H3/b10-8+. The van der Waals surface area contributed by atoms with Gasteiger partial charge in [-0.1, -0.05) is 36.4 Å². The molecular formula is C18H22O5. The van der Waals surface area contributed by atoms with Gasteiger partial charge in [0.25, 0.3) is 0 Å². The van der Waals surface area contributed by atoms with Gasteiger partial charge < -0.3 is 9.47 Å². The number of ether oxygens (including phenoxy) is 2. The van der Waals surface area contributed by atoms with Crippen LogP contribution in [0.1, 0.15) is 43.1 Å². The fourth-order valence-electron chi connectivity index (χ4n) is 2.04. The Morgan fingerprint density at radius 3 is 2.43 bits per heavy atom. The molecule has 1 aromatic carbocycles. The van der Waals surface area contributed by atoms with E-state index in [9.17, 15) is 14.4 Å². The van der Waals surface area contributed by atoms with Crippen LogP contribution in [0.5, 0.6) is 0 Å². The summed E-state index contributed by atoms with van der Waals surface area (Å²) in [5, 5.41) is 0. The van der Waals surface area contributed by atoms with Gasteiger partial charge in [-0.2, -0.15) is 0 Å². The van der Waals surface area contributed by atoms with Crippen molar-refractivity contribution in [3.8, 4) is 0 Å². The minimum absolute atomic E-state index is 0.122. The lowest BCUT2D eigenvalue weighted by Crippen LogP contribution is -2.34. The van der Waals surface area contributed by atoms with Crippen molar-refractivity contribution in [1.82, 2.24) is 0 Å². The van der Waals surface area contributed by atoms with Crippen LogP contribution in [0.3, 0.4) is 0 Å². The lowest BCUT2D eigenvalue weighted by Gasteiger charge is -2.20. The van der Waals surface area contributed by atoms with E-state index in [2.05, 4.69) is 0 Å². The largest absolute Gasteiger partial charge is 0.468 e. The highest BCUT2D eigenvalue weighted by Gasteiger charge is 2.38. The second-order valence-electron chi connectivity index (χ2n) is 5.44. The summed E-state index contributed by atoms with van der Waals surface area (Å²) < 4.78 is 9.54. The molecule has 0 saturated carbocycles. The van der Waals surface area contributed by atoms with Crippen molar-refractivity contribution >= 4 is 23.8 Å². The average molecular weight is 318 g/mol. The van der Waals surface area contributed by atoms with Gasteiger partial charge >= 0.3 is 11.9 Å². The van der Waals surface area contributed by atoms with E-state index in [1.165, 1.54) is 21.0 Å². The third kappa shape index (κ3) is 4.77. The molecule has 0 amide bonds. The van der Waals surface area contributed by atoms with Crippen molar-refractivity contribution in [2.24, 2.45) is 5.41 Å². The first-order valence-electron chi connectivity index (χ1n) is 7.39. The van der Waals surface area contributed by atoms with Crippen molar-refractivity contribution in [2.45, 2.75) is 27.2 Å². The highest BCUT2D eigenvalue weighted by molar-refractivity contribution is 6.13. The molecule has 23 heavy (non-hydrogen) atoms. The molecule has 5 nitrogen and oxygen atoms in total. The normalized spacial score (nSPS) is 11.3. The second-order valence-corrected chi connectivity index (χ2v) is 5.44. The maximum absolute atomic E-state index is 12.7. The zero-order valence-electron chi connectivity index (χ0n) is 13.9. The van der Waals surface area contributed by atoms with Crippen LogP contribution in [-0.4, -0.2) is 31.4 Å². The first-order chi connectivity index (χ1) is 10.8. The fourth-order valence-corrected chi connectivity index (χ4v) is 2.04. The first-order valence-corrected chi connectivity index (χ1v) is 7.39. The van der Waals surface area contributed by atoms with Crippen LogP contribution >= 0.6 is 0 Å². The summed E-state index contributed by atoms with van der Waals surface area (Å²) >= 11 is 0. The Bertz CT molecular complexity index is 614. The predicted molar refractivity (Wildman–Crippen MR) is 86.9 cm³/mol. The highest BCUT2D eigenvalue weighted by Crippen LogP contribution is 2.26. The van der Waals surface area contributed by atoms with Crippen LogP contribution in [0, 0.1) is 5.41 Å². The smallest absolute Gasteiger partial charge is 0.319 e. The van der Waals surface area contributed by atoms with E-state index >= 15 is 0 Å². The molecule has 0 bridgehead atoms. The molecule has 1 aromatic rings. The summed E-state index contributed by atoms with van der Waals surface area (Å²) in [5.74, 6) is -1.25. The van der Waals surface area contributed by atoms with Crippen molar-refractivity contribution in [3.63, 3.8) is 0 Å². The van der Waals surface area contributed by atoms with E-state index in [1.54, 1.807) is 43.3 Å². The third-order valence-electron chi connectivity index (χ3n) is 3.36. The SMILES string of the molecule is CCOC(=O)C/C=C/c1ccccc1C(=O)C(C)(C)C(=O)OC. The molecule has 0 aliphatic heterocycles. The summed E-state index contributed by atoms with van der Waals surface area (Å²) in [6.07, 6.45) is 3.43. The highest BCUT2D eigenvalue weighted by atomic mass is 16.5. The Morgan fingerprint density at radius 2 is 1.83 bits per heavy atom. The number of methoxy groups -OCH3 is 1. The van der Waals surface area contributed by atoms with Crippen LogP contribution in [0.4, 0.5) is 0 Å². The summed E-state index contributed by atoms with van der Waals surface area (Å²) in [7, 11) is 1.25. The number of hydrogen-bond acceptors (Lipinski definition) is 5. The molecule has 0 fully saturated rings. The molecule has 0 N–H and O–H groups in total. The van der Waals surface area contributed by atoms with E-state index in [4.69, 9.17) is 9.47 Å². The molecule has 124 valence electrons. The number of hydrogen-bond donors (Lipinski definition) is 0. The molecule has 0 saturated heterocycles.